The van der Waals surface area contributed by atoms with Gasteiger partial charge < -0.3 is 9.47 Å². The smallest absolute Gasteiger partial charge is 0.323 e. The van der Waals surface area contributed by atoms with E-state index in [-0.39, 0.29) is 45.4 Å². The molecule has 0 radical (unpaired) electrons. The van der Waals surface area contributed by atoms with Gasteiger partial charge in [0, 0.05) is 0 Å². The predicted molar refractivity (Wildman–Crippen MR) is 209 cm³/mol. The molecule has 0 aliphatic heterocycles. The molecule has 0 bridgehead atoms. The number of esters is 2. The molecule has 4 nitrogen and oxygen atoms in total. The summed E-state index contributed by atoms with van der Waals surface area (Å²) in [4.78, 5) is 24.5. The van der Waals surface area contributed by atoms with Crippen LogP contribution in [-0.2, 0) is 29.9 Å². The highest BCUT2D eigenvalue weighted by atomic mass is 35.5. The number of halogens is 2. The molecule has 50 heavy (non-hydrogen) atoms. The molecule has 3 aromatic carbocycles. The Morgan fingerprint density at radius 3 is 1.12 bits per heavy atom. The van der Waals surface area contributed by atoms with Crippen LogP contribution in [-0.4, -0.2) is 36.9 Å². The summed E-state index contributed by atoms with van der Waals surface area (Å²) in [5, 5.41) is -1.37. The van der Waals surface area contributed by atoms with Crippen molar-refractivity contribution in [1.82, 2.24) is 0 Å². The number of benzene rings is 3. The zero-order valence-electron chi connectivity index (χ0n) is 32.0. The minimum absolute atomic E-state index is 0.0239. The largest absolute Gasteiger partial charge is 0.468 e. The van der Waals surface area contributed by atoms with E-state index in [0.717, 1.165) is 25.7 Å². The van der Waals surface area contributed by atoms with E-state index < -0.39 is 10.8 Å². The maximum Gasteiger partial charge on any atom is 0.323 e. The first kappa shape index (κ1) is 41.6. The number of methoxy groups -OCH3 is 2. The molecule has 3 rings (SSSR count). The van der Waals surface area contributed by atoms with Gasteiger partial charge in [0.2, 0.25) is 0 Å². The van der Waals surface area contributed by atoms with Crippen LogP contribution in [0.4, 0.5) is 0 Å². The Bertz CT molecular complexity index is 1380. The summed E-state index contributed by atoms with van der Waals surface area (Å²) in [6, 6.07) is 30.0. The molecule has 4 atom stereocenters. The van der Waals surface area contributed by atoms with Gasteiger partial charge in [-0.3, -0.25) is 9.59 Å². The van der Waals surface area contributed by atoms with E-state index >= 15 is 0 Å². The summed E-state index contributed by atoms with van der Waals surface area (Å²) < 4.78 is 9.89. The zero-order valence-corrected chi connectivity index (χ0v) is 33.5. The van der Waals surface area contributed by atoms with E-state index in [1.165, 1.54) is 36.5 Å². The van der Waals surface area contributed by atoms with E-state index in [4.69, 9.17) is 32.7 Å². The third-order valence-corrected chi connectivity index (χ3v) is 11.0. The van der Waals surface area contributed by atoms with Crippen molar-refractivity contribution in [2.24, 2.45) is 10.8 Å². The number of ether oxygens (including phenoxy) is 2. The second-order valence-electron chi connectivity index (χ2n) is 17.1. The highest BCUT2D eigenvalue weighted by Gasteiger charge is 2.36. The molecule has 0 N–H and O–H groups in total. The topological polar surface area (TPSA) is 52.6 Å². The van der Waals surface area contributed by atoms with Crippen molar-refractivity contribution < 1.29 is 19.1 Å². The number of carbonyl (C=O) groups excluding carboxylic acids is 2. The van der Waals surface area contributed by atoms with Crippen molar-refractivity contribution in [3.63, 3.8) is 0 Å². The van der Waals surface area contributed by atoms with Gasteiger partial charge in [0.25, 0.3) is 0 Å². The predicted octanol–water partition coefficient (Wildman–Crippen LogP) is 11.8. The molecule has 3 aromatic rings. The maximum atomic E-state index is 12.2. The highest BCUT2D eigenvalue weighted by Crippen LogP contribution is 2.46. The summed E-state index contributed by atoms with van der Waals surface area (Å²) in [5.41, 5.74) is 4.82. The second kappa shape index (κ2) is 17.6. The third-order valence-electron chi connectivity index (χ3n) is 10.3. The van der Waals surface area contributed by atoms with Crippen LogP contribution in [0.3, 0.4) is 0 Å². The van der Waals surface area contributed by atoms with Gasteiger partial charge in [0.05, 0.1) is 14.2 Å². The standard InChI is InChI=1S/C44H60Cl2O4/c1-41(2,27-33(25-37(45)39(47)49-9)31-17-13-11-14-18-31)29-43(5,6)35-21-23-36(24-22-35)44(7,8)30-42(3,4)28-34(26-38(46)40(48)50-10)32-19-15-12-16-20-32/h11-24,33-34,37-38H,25-30H2,1-10H3. The second-order valence-corrected chi connectivity index (χ2v) is 18.2. The lowest BCUT2D eigenvalue weighted by molar-refractivity contribution is -0.141. The zero-order chi connectivity index (χ0) is 37.3. The van der Waals surface area contributed by atoms with E-state index in [0.29, 0.717) is 12.8 Å². The molecule has 0 heterocycles. The van der Waals surface area contributed by atoms with Crippen LogP contribution in [0.2, 0.25) is 0 Å². The van der Waals surface area contributed by atoms with Gasteiger partial charge in [-0.05, 0) is 94.3 Å². The van der Waals surface area contributed by atoms with Crippen LogP contribution in [0.5, 0.6) is 0 Å². The SMILES string of the molecule is COC(=O)C(Cl)CC(CC(C)(C)CC(C)(C)c1ccc(C(C)(C)CC(C)(C)CC(CC(Cl)C(=O)OC)c2ccccc2)cc1)c1ccccc1. The molecule has 0 spiro atoms. The molecular weight excluding hydrogens is 663 g/mol. The van der Waals surface area contributed by atoms with Crippen LogP contribution in [0.1, 0.15) is 128 Å². The average Bonchev–Trinajstić information content (AvgIpc) is 3.06. The molecule has 0 aromatic heterocycles. The average molecular weight is 724 g/mol. The molecule has 4 unspecified atom stereocenters. The summed E-state index contributed by atoms with van der Waals surface area (Å²) in [5.74, 6) is -0.494. The minimum Gasteiger partial charge on any atom is -0.468 e. The summed E-state index contributed by atoms with van der Waals surface area (Å²) in [7, 11) is 2.78. The van der Waals surface area contributed by atoms with Crippen molar-refractivity contribution in [2.75, 3.05) is 14.2 Å². The molecule has 0 saturated carbocycles. The number of hydrogen-bond donors (Lipinski definition) is 0. The maximum absolute atomic E-state index is 12.2. The Hall–Kier alpha value is -2.82. The molecule has 0 aliphatic carbocycles. The Morgan fingerprint density at radius 2 is 0.840 bits per heavy atom. The Balaban J connectivity index is 1.75. The van der Waals surface area contributed by atoms with Crippen LogP contribution in [0.15, 0.2) is 84.9 Å². The van der Waals surface area contributed by atoms with Crippen molar-refractivity contribution in [2.45, 2.75) is 127 Å². The fourth-order valence-corrected chi connectivity index (χ4v) is 9.13. The van der Waals surface area contributed by atoms with Gasteiger partial charge in [-0.25, -0.2) is 0 Å². The van der Waals surface area contributed by atoms with Gasteiger partial charge >= 0.3 is 11.9 Å². The van der Waals surface area contributed by atoms with Crippen molar-refractivity contribution in [3.8, 4) is 0 Å². The van der Waals surface area contributed by atoms with Crippen LogP contribution < -0.4 is 0 Å². The Kier molecular flexibility index (Phi) is 14.6. The molecule has 6 heteroatoms. The van der Waals surface area contributed by atoms with Crippen molar-refractivity contribution in [1.29, 1.82) is 0 Å². The quantitative estimate of drug-likeness (QED) is 0.0968. The fourth-order valence-electron chi connectivity index (χ4n) is 8.52. The normalized spacial score (nSPS) is 15.1. The lowest BCUT2D eigenvalue weighted by Gasteiger charge is -2.39. The summed E-state index contributed by atoms with van der Waals surface area (Å²) >= 11 is 13.0. The molecule has 0 fully saturated rings. The van der Waals surface area contributed by atoms with Gasteiger partial charge in [0.15, 0.2) is 0 Å². The molecule has 0 amide bonds. The first-order chi connectivity index (χ1) is 23.3. The van der Waals surface area contributed by atoms with E-state index in [9.17, 15) is 9.59 Å². The Labute approximate surface area is 312 Å². The van der Waals surface area contributed by atoms with Crippen LogP contribution in [0.25, 0.3) is 0 Å². The monoisotopic (exact) mass is 722 g/mol. The van der Waals surface area contributed by atoms with E-state index in [1.807, 2.05) is 36.4 Å². The van der Waals surface area contributed by atoms with Crippen LogP contribution in [0, 0.1) is 10.8 Å². The van der Waals surface area contributed by atoms with Crippen molar-refractivity contribution in [3.05, 3.63) is 107 Å². The van der Waals surface area contributed by atoms with Crippen molar-refractivity contribution >= 4 is 35.1 Å². The first-order valence-electron chi connectivity index (χ1n) is 17.9. The highest BCUT2D eigenvalue weighted by molar-refractivity contribution is 6.30. The van der Waals surface area contributed by atoms with Gasteiger partial charge in [-0.1, -0.05) is 140 Å². The fraction of sp³-hybridized carbons (Fsp3) is 0.545. The van der Waals surface area contributed by atoms with Gasteiger partial charge in [-0.15, -0.1) is 23.2 Å². The number of alkyl halides is 2. The molecule has 0 saturated heterocycles. The molecular formula is C44H60Cl2O4. The van der Waals surface area contributed by atoms with Gasteiger partial charge in [0.1, 0.15) is 10.8 Å². The molecule has 0 aliphatic rings. The number of hydrogen-bond acceptors (Lipinski definition) is 4. The lowest BCUT2D eigenvalue weighted by Crippen LogP contribution is -2.30. The first-order valence-corrected chi connectivity index (χ1v) is 18.8. The minimum atomic E-state index is -0.684. The van der Waals surface area contributed by atoms with Crippen LogP contribution >= 0.6 is 23.2 Å². The summed E-state index contributed by atoms with van der Waals surface area (Å²) in [6.07, 6.45) is 4.80. The third kappa shape index (κ3) is 12.2. The number of rotatable bonds is 18. The summed E-state index contributed by atoms with van der Waals surface area (Å²) in [6.45, 7) is 18.6. The Morgan fingerprint density at radius 1 is 0.540 bits per heavy atom. The lowest BCUT2D eigenvalue weighted by atomic mass is 9.65. The van der Waals surface area contributed by atoms with Gasteiger partial charge in [-0.2, -0.15) is 0 Å². The van der Waals surface area contributed by atoms with E-state index in [2.05, 4.69) is 104 Å². The number of carbonyl (C=O) groups is 2. The molecule has 274 valence electrons. The van der Waals surface area contributed by atoms with E-state index in [1.54, 1.807) is 0 Å².